The molecule has 0 aromatic carbocycles. The van der Waals surface area contributed by atoms with Crippen LogP contribution in [0, 0.1) is 0 Å². The van der Waals surface area contributed by atoms with Gasteiger partial charge in [0.05, 0.1) is 6.04 Å². The fraction of sp³-hybridized carbons (Fsp3) is 0.692. The standard InChI is InChI=1S/C13H21N3O/c1-3-15(4-2)13(17)12-9-10-16(14-12)11-7-5-6-8-11/h9-11H,3-8H2,1-2H3. The molecule has 0 aliphatic heterocycles. The van der Waals surface area contributed by atoms with Crippen LogP contribution in [0.4, 0.5) is 0 Å². The zero-order chi connectivity index (χ0) is 12.3. The summed E-state index contributed by atoms with van der Waals surface area (Å²) in [6.45, 7) is 5.47. The van der Waals surface area contributed by atoms with Crippen molar-refractivity contribution in [1.29, 1.82) is 0 Å². The minimum atomic E-state index is 0.0479. The smallest absolute Gasteiger partial charge is 0.274 e. The Morgan fingerprint density at radius 1 is 1.41 bits per heavy atom. The van der Waals surface area contributed by atoms with E-state index >= 15 is 0 Å². The Morgan fingerprint density at radius 2 is 2.06 bits per heavy atom. The van der Waals surface area contributed by atoms with Crippen molar-refractivity contribution in [3.05, 3.63) is 18.0 Å². The number of hydrogen-bond donors (Lipinski definition) is 0. The zero-order valence-corrected chi connectivity index (χ0v) is 10.7. The number of nitrogens with zero attached hydrogens (tertiary/aromatic N) is 3. The SMILES string of the molecule is CCN(CC)C(=O)c1ccn(C2CCCC2)n1. The van der Waals surface area contributed by atoms with Crippen molar-refractivity contribution in [2.75, 3.05) is 13.1 Å². The quantitative estimate of drug-likeness (QED) is 0.804. The van der Waals surface area contributed by atoms with Crippen molar-refractivity contribution in [3.63, 3.8) is 0 Å². The van der Waals surface area contributed by atoms with Crippen LogP contribution in [-0.4, -0.2) is 33.7 Å². The van der Waals surface area contributed by atoms with Gasteiger partial charge in [0.25, 0.3) is 5.91 Å². The van der Waals surface area contributed by atoms with E-state index < -0.39 is 0 Å². The lowest BCUT2D eigenvalue weighted by Gasteiger charge is -2.17. The van der Waals surface area contributed by atoms with Crippen molar-refractivity contribution < 1.29 is 4.79 Å². The van der Waals surface area contributed by atoms with E-state index in [2.05, 4.69) is 5.10 Å². The van der Waals surface area contributed by atoms with E-state index in [1.165, 1.54) is 25.7 Å². The van der Waals surface area contributed by atoms with E-state index in [0.717, 1.165) is 13.1 Å². The van der Waals surface area contributed by atoms with Gasteiger partial charge in [0.2, 0.25) is 0 Å². The fourth-order valence-electron chi connectivity index (χ4n) is 2.50. The Morgan fingerprint density at radius 3 is 2.65 bits per heavy atom. The van der Waals surface area contributed by atoms with Crippen molar-refractivity contribution >= 4 is 5.91 Å². The van der Waals surface area contributed by atoms with Crippen molar-refractivity contribution in [1.82, 2.24) is 14.7 Å². The molecule has 1 heterocycles. The number of amides is 1. The van der Waals surface area contributed by atoms with E-state index in [9.17, 15) is 4.79 Å². The molecule has 1 fully saturated rings. The molecule has 17 heavy (non-hydrogen) atoms. The summed E-state index contributed by atoms with van der Waals surface area (Å²) in [5.41, 5.74) is 0.584. The summed E-state index contributed by atoms with van der Waals surface area (Å²) in [6, 6.07) is 2.35. The Labute approximate surface area is 103 Å². The van der Waals surface area contributed by atoms with Gasteiger partial charge in [0.15, 0.2) is 0 Å². The van der Waals surface area contributed by atoms with Gasteiger partial charge in [-0.3, -0.25) is 9.48 Å². The molecule has 1 aromatic rings. The van der Waals surface area contributed by atoms with Gasteiger partial charge in [0, 0.05) is 19.3 Å². The van der Waals surface area contributed by atoms with Gasteiger partial charge in [-0.15, -0.1) is 0 Å². The van der Waals surface area contributed by atoms with E-state index in [-0.39, 0.29) is 5.91 Å². The molecular weight excluding hydrogens is 214 g/mol. The van der Waals surface area contributed by atoms with Crippen LogP contribution in [0.1, 0.15) is 56.1 Å². The summed E-state index contributed by atoms with van der Waals surface area (Å²) in [5, 5.41) is 4.43. The van der Waals surface area contributed by atoms with Gasteiger partial charge in [-0.05, 0) is 32.8 Å². The van der Waals surface area contributed by atoms with E-state index in [1.54, 1.807) is 4.90 Å². The Kier molecular flexibility index (Phi) is 3.82. The molecule has 0 spiro atoms. The van der Waals surface area contributed by atoms with Gasteiger partial charge in [-0.2, -0.15) is 5.10 Å². The first kappa shape index (κ1) is 12.1. The van der Waals surface area contributed by atoms with Crippen molar-refractivity contribution in [3.8, 4) is 0 Å². The maximum Gasteiger partial charge on any atom is 0.274 e. The van der Waals surface area contributed by atoms with Crippen LogP contribution in [0.15, 0.2) is 12.3 Å². The topological polar surface area (TPSA) is 38.1 Å². The van der Waals surface area contributed by atoms with Crippen LogP contribution in [0.25, 0.3) is 0 Å². The molecule has 1 amide bonds. The summed E-state index contributed by atoms with van der Waals surface area (Å²) in [5.74, 6) is 0.0479. The number of carbonyl (C=O) groups excluding carboxylic acids is 1. The third kappa shape index (κ3) is 2.51. The maximum atomic E-state index is 12.1. The second kappa shape index (κ2) is 5.34. The van der Waals surface area contributed by atoms with Crippen molar-refractivity contribution in [2.24, 2.45) is 0 Å². The lowest BCUT2D eigenvalue weighted by Crippen LogP contribution is -2.30. The molecule has 0 N–H and O–H groups in total. The lowest BCUT2D eigenvalue weighted by atomic mass is 10.3. The third-order valence-electron chi connectivity index (χ3n) is 3.58. The zero-order valence-electron chi connectivity index (χ0n) is 10.7. The normalized spacial score (nSPS) is 16.4. The Hall–Kier alpha value is -1.32. The molecular formula is C13H21N3O. The molecule has 2 rings (SSSR count). The summed E-state index contributed by atoms with van der Waals surface area (Å²) >= 11 is 0. The van der Waals surface area contributed by atoms with Gasteiger partial charge < -0.3 is 4.90 Å². The van der Waals surface area contributed by atoms with Gasteiger partial charge in [-0.1, -0.05) is 12.8 Å². The predicted molar refractivity (Wildman–Crippen MR) is 67.0 cm³/mol. The fourth-order valence-corrected chi connectivity index (χ4v) is 2.50. The summed E-state index contributed by atoms with van der Waals surface area (Å²) in [6.07, 6.45) is 6.90. The monoisotopic (exact) mass is 235 g/mol. The average Bonchev–Trinajstić information content (AvgIpc) is 3.01. The third-order valence-corrected chi connectivity index (χ3v) is 3.58. The van der Waals surface area contributed by atoms with Crippen LogP contribution in [-0.2, 0) is 0 Å². The molecule has 1 aromatic heterocycles. The highest BCUT2D eigenvalue weighted by Gasteiger charge is 2.20. The number of aromatic nitrogens is 2. The molecule has 4 heteroatoms. The first-order valence-corrected chi connectivity index (χ1v) is 6.60. The average molecular weight is 235 g/mol. The van der Waals surface area contributed by atoms with Crippen LogP contribution in [0.3, 0.4) is 0 Å². The predicted octanol–water partition coefficient (Wildman–Crippen LogP) is 2.48. The highest BCUT2D eigenvalue weighted by Crippen LogP contribution is 2.28. The summed E-state index contributed by atoms with van der Waals surface area (Å²) in [4.78, 5) is 13.9. The van der Waals surface area contributed by atoms with Gasteiger partial charge >= 0.3 is 0 Å². The molecule has 0 radical (unpaired) electrons. The number of rotatable bonds is 4. The molecule has 0 unspecified atom stereocenters. The second-order valence-electron chi connectivity index (χ2n) is 4.60. The molecule has 0 atom stereocenters. The first-order chi connectivity index (χ1) is 8.26. The van der Waals surface area contributed by atoms with E-state index in [4.69, 9.17) is 0 Å². The Bertz CT molecular complexity index is 376. The Balaban J connectivity index is 2.09. The van der Waals surface area contributed by atoms with Gasteiger partial charge in [-0.25, -0.2) is 0 Å². The highest BCUT2D eigenvalue weighted by atomic mass is 16.2. The van der Waals surface area contributed by atoms with Crippen LogP contribution < -0.4 is 0 Å². The molecule has 0 saturated heterocycles. The number of hydrogen-bond acceptors (Lipinski definition) is 2. The minimum absolute atomic E-state index is 0.0479. The number of carbonyl (C=O) groups is 1. The van der Waals surface area contributed by atoms with Crippen LogP contribution in [0.2, 0.25) is 0 Å². The largest absolute Gasteiger partial charge is 0.338 e. The highest BCUT2D eigenvalue weighted by molar-refractivity contribution is 5.92. The second-order valence-corrected chi connectivity index (χ2v) is 4.60. The molecule has 1 aliphatic carbocycles. The molecule has 1 aliphatic rings. The first-order valence-electron chi connectivity index (χ1n) is 6.60. The summed E-state index contributed by atoms with van der Waals surface area (Å²) < 4.78 is 1.98. The molecule has 4 nitrogen and oxygen atoms in total. The molecule has 94 valence electrons. The van der Waals surface area contributed by atoms with Crippen LogP contribution >= 0.6 is 0 Å². The van der Waals surface area contributed by atoms with E-state index in [0.29, 0.717) is 11.7 Å². The van der Waals surface area contributed by atoms with E-state index in [1.807, 2.05) is 30.8 Å². The minimum Gasteiger partial charge on any atom is -0.338 e. The van der Waals surface area contributed by atoms with Crippen molar-refractivity contribution in [2.45, 2.75) is 45.6 Å². The van der Waals surface area contributed by atoms with Crippen LogP contribution in [0.5, 0.6) is 0 Å². The summed E-state index contributed by atoms with van der Waals surface area (Å²) in [7, 11) is 0. The maximum absolute atomic E-state index is 12.1. The molecule has 0 bridgehead atoms. The van der Waals surface area contributed by atoms with Gasteiger partial charge in [0.1, 0.15) is 5.69 Å². The molecule has 1 saturated carbocycles. The lowest BCUT2D eigenvalue weighted by molar-refractivity contribution is 0.0766.